The van der Waals surface area contributed by atoms with Crippen LogP contribution in [-0.4, -0.2) is 21.0 Å². The summed E-state index contributed by atoms with van der Waals surface area (Å²) in [5.74, 6) is -0.463. The number of anilines is 1. The molecule has 0 fully saturated rings. The highest BCUT2D eigenvalue weighted by Crippen LogP contribution is 2.29. The van der Waals surface area contributed by atoms with Crippen LogP contribution in [0.15, 0.2) is 27.5 Å². The Morgan fingerprint density at radius 2 is 2.35 bits per heavy atom. The minimum Gasteiger partial charge on any atom is -0.361 e. The fourth-order valence-electron chi connectivity index (χ4n) is 1.79. The molecule has 3 heterocycles. The van der Waals surface area contributed by atoms with E-state index in [0.29, 0.717) is 11.4 Å². The average Bonchev–Trinajstić information content (AvgIpc) is 3.01. The molecule has 1 amide bonds. The van der Waals surface area contributed by atoms with E-state index in [4.69, 9.17) is 4.52 Å². The lowest BCUT2D eigenvalue weighted by Gasteiger charge is -2.02. The second kappa shape index (κ2) is 4.71. The highest BCUT2D eigenvalue weighted by molar-refractivity contribution is 9.10. The molecular formula is C12H8BrFN4O2. The number of aryl methyl sites for hydroxylation is 1. The van der Waals surface area contributed by atoms with Crippen molar-refractivity contribution in [3.8, 4) is 0 Å². The van der Waals surface area contributed by atoms with Gasteiger partial charge in [0.2, 0.25) is 0 Å². The van der Waals surface area contributed by atoms with Gasteiger partial charge in [-0.25, -0.2) is 9.37 Å². The number of hydrogen-bond acceptors (Lipinski definition) is 4. The van der Waals surface area contributed by atoms with Crippen LogP contribution in [0, 0.1) is 12.7 Å². The minimum absolute atomic E-state index is 0.125. The predicted molar refractivity (Wildman–Crippen MR) is 72.9 cm³/mol. The number of amides is 1. The van der Waals surface area contributed by atoms with Gasteiger partial charge in [-0.05, 0) is 22.9 Å². The molecule has 2 N–H and O–H groups in total. The molecule has 0 bridgehead atoms. The first kappa shape index (κ1) is 12.8. The van der Waals surface area contributed by atoms with Crippen LogP contribution >= 0.6 is 15.9 Å². The quantitative estimate of drug-likeness (QED) is 0.752. The Morgan fingerprint density at radius 3 is 3.05 bits per heavy atom. The number of H-pyrrole nitrogens is 1. The number of hydrogen-bond donors (Lipinski definition) is 2. The molecule has 3 aromatic rings. The molecule has 0 saturated heterocycles. The summed E-state index contributed by atoms with van der Waals surface area (Å²) in [5.41, 5.74) is 0.759. The number of rotatable bonds is 2. The van der Waals surface area contributed by atoms with Crippen LogP contribution in [-0.2, 0) is 0 Å². The first-order valence-electron chi connectivity index (χ1n) is 5.62. The third kappa shape index (κ3) is 2.07. The summed E-state index contributed by atoms with van der Waals surface area (Å²) in [6.45, 7) is 1.68. The molecule has 20 heavy (non-hydrogen) atoms. The lowest BCUT2D eigenvalue weighted by atomic mass is 10.3. The van der Waals surface area contributed by atoms with Crippen molar-refractivity contribution in [3.63, 3.8) is 0 Å². The standard InChI is InChI=1S/C12H8BrFN4O2/c1-5-2-7(18-20-5)12(19)17-8-4-16-11-9(8)10(14)6(13)3-15-11/h2-4H,1H3,(H,15,16)(H,17,19). The van der Waals surface area contributed by atoms with Crippen molar-refractivity contribution >= 4 is 38.6 Å². The lowest BCUT2D eigenvalue weighted by molar-refractivity contribution is 0.101. The van der Waals surface area contributed by atoms with Gasteiger partial charge in [0.25, 0.3) is 5.91 Å². The van der Waals surface area contributed by atoms with Gasteiger partial charge < -0.3 is 14.8 Å². The molecular weight excluding hydrogens is 331 g/mol. The largest absolute Gasteiger partial charge is 0.361 e. The number of nitrogens with zero attached hydrogens (tertiary/aromatic N) is 2. The number of aromatic amines is 1. The Hall–Kier alpha value is -2.22. The number of pyridine rings is 1. The number of nitrogens with one attached hydrogen (secondary N) is 2. The predicted octanol–water partition coefficient (Wildman–Crippen LogP) is 3.01. The number of halogens is 2. The van der Waals surface area contributed by atoms with E-state index < -0.39 is 11.7 Å². The van der Waals surface area contributed by atoms with E-state index >= 15 is 0 Å². The number of fused-ring (bicyclic) bond motifs is 1. The molecule has 0 aliphatic heterocycles. The molecule has 0 spiro atoms. The third-order valence-electron chi connectivity index (χ3n) is 2.70. The first-order valence-corrected chi connectivity index (χ1v) is 6.41. The maximum Gasteiger partial charge on any atom is 0.277 e. The van der Waals surface area contributed by atoms with Gasteiger partial charge >= 0.3 is 0 Å². The van der Waals surface area contributed by atoms with E-state index in [-0.39, 0.29) is 21.2 Å². The smallest absolute Gasteiger partial charge is 0.277 e. The Bertz CT molecular complexity index is 811. The van der Waals surface area contributed by atoms with Crippen LogP contribution in [0.4, 0.5) is 10.1 Å². The zero-order chi connectivity index (χ0) is 14.3. The van der Waals surface area contributed by atoms with Crippen LogP contribution in [0.2, 0.25) is 0 Å². The van der Waals surface area contributed by atoms with Gasteiger partial charge in [0.1, 0.15) is 11.4 Å². The fourth-order valence-corrected chi connectivity index (χ4v) is 2.09. The van der Waals surface area contributed by atoms with Crippen LogP contribution < -0.4 is 5.32 Å². The molecule has 102 valence electrons. The molecule has 0 aliphatic carbocycles. The summed E-state index contributed by atoms with van der Waals surface area (Å²) in [6.07, 6.45) is 2.82. The zero-order valence-electron chi connectivity index (χ0n) is 10.2. The summed E-state index contributed by atoms with van der Waals surface area (Å²) in [5, 5.41) is 6.37. The van der Waals surface area contributed by atoms with Gasteiger partial charge in [0.05, 0.1) is 15.5 Å². The Kier molecular flexibility index (Phi) is 3.01. The molecule has 6 nitrogen and oxygen atoms in total. The van der Waals surface area contributed by atoms with Crippen LogP contribution in [0.1, 0.15) is 16.2 Å². The van der Waals surface area contributed by atoms with Crippen molar-refractivity contribution < 1.29 is 13.7 Å². The van der Waals surface area contributed by atoms with E-state index in [2.05, 4.69) is 36.4 Å². The SMILES string of the molecule is Cc1cc(C(=O)Nc2c[nH]c3ncc(Br)c(F)c23)no1. The number of carbonyl (C=O) groups excluding carboxylic acids is 1. The summed E-state index contributed by atoms with van der Waals surface area (Å²) in [7, 11) is 0. The first-order chi connectivity index (χ1) is 9.56. The van der Waals surface area contributed by atoms with Gasteiger partial charge in [-0.3, -0.25) is 4.79 Å². The second-order valence-corrected chi connectivity index (χ2v) is 4.98. The molecule has 0 radical (unpaired) electrons. The topological polar surface area (TPSA) is 83.8 Å². The van der Waals surface area contributed by atoms with E-state index in [9.17, 15) is 9.18 Å². The number of aromatic nitrogens is 3. The second-order valence-electron chi connectivity index (χ2n) is 4.12. The van der Waals surface area contributed by atoms with Crippen molar-refractivity contribution in [2.75, 3.05) is 5.32 Å². The van der Waals surface area contributed by atoms with E-state index in [0.717, 1.165) is 0 Å². The molecule has 0 aliphatic rings. The maximum atomic E-state index is 14.1. The van der Waals surface area contributed by atoms with Gasteiger partial charge in [-0.2, -0.15) is 0 Å². The van der Waals surface area contributed by atoms with Gasteiger partial charge in [0.15, 0.2) is 11.5 Å². The van der Waals surface area contributed by atoms with Crippen LogP contribution in [0.5, 0.6) is 0 Å². The van der Waals surface area contributed by atoms with Crippen LogP contribution in [0.3, 0.4) is 0 Å². The molecule has 3 aromatic heterocycles. The Morgan fingerprint density at radius 1 is 1.55 bits per heavy atom. The summed E-state index contributed by atoms with van der Waals surface area (Å²) < 4.78 is 19.1. The summed E-state index contributed by atoms with van der Waals surface area (Å²) in [4.78, 5) is 18.8. The highest BCUT2D eigenvalue weighted by Gasteiger charge is 2.17. The van der Waals surface area contributed by atoms with Crippen molar-refractivity contribution in [2.45, 2.75) is 6.92 Å². The molecule has 8 heteroatoms. The molecule has 3 rings (SSSR count). The van der Waals surface area contributed by atoms with Gasteiger partial charge in [-0.1, -0.05) is 5.16 Å². The van der Waals surface area contributed by atoms with E-state index in [1.807, 2.05) is 0 Å². The minimum atomic E-state index is -0.497. The van der Waals surface area contributed by atoms with E-state index in [1.54, 1.807) is 6.92 Å². The van der Waals surface area contributed by atoms with Gasteiger partial charge in [-0.15, -0.1) is 0 Å². The fraction of sp³-hybridized carbons (Fsp3) is 0.0833. The molecule has 0 aromatic carbocycles. The lowest BCUT2D eigenvalue weighted by Crippen LogP contribution is -2.12. The molecule has 0 atom stereocenters. The third-order valence-corrected chi connectivity index (χ3v) is 3.26. The van der Waals surface area contributed by atoms with Crippen molar-refractivity contribution in [1.82, 2.24) is 15.1 Å². The zero-order valence-corrected chi connectivity index (χ0v) is 11.8. The average molecular weight is 339 g/mol. The number of carbonyl (C=O) groups is 1. The summed E-state index contributed by atoms with van der Waals surface area (Å²) >= 11 is 3.06. The highest BCUT2D eigenvalue weighted by atomic mass is 79.9. The normalized spacial score (nSPS) is 10.9. The summed E-state index contributed by atoms with van der Waals surface area (Å²) in [6, 6.07) is 1.49. The Labute approximate surface area is 120 Å². The van der Waals surface area contributed by atoms with Gasteiger partial charge in [0, 0.05) is 18.5 Å². The van der Waals surface area contributed by atoms with Crippen molar-refractivity contribution in [3.05, 3.63) is 40.2 Å². The van der Waals surface area contributed by atoms with Crippen molar-refractivity contribution in [1.29, 1.82) is 0 Å². The molecule has 0 unspecified atom stereocenters. The Balaban J connectivity index is 1.99. The van der Waals surface area contributed by atoms with Crippen LogP contribution in [0.25, 0.3) is 11.0 Å². The molecule has 0 saturated carbocycles. The van der Waals surface area contributed by atoms with Crippen molar-refractivity contribution in [2.24, 2.45) is 0 Å². The maximum absolute atomic E-state index is 14.1. The van der Waals surface area contributed by atoms with E-state index in [1.165, 1.54) is 18.5 Å². The monoisotopic (exact) mass is 338 g/mol.